The van der Waals surface area contributed by atoms with Gasteiger partial charge in [0.1, 0.15) is 11.5 Å². The van der Waals surface area contributed by atoms with Crippen molar-refractivity contribution < 1.29 is 13.9 Å². The lowest BCUT2D eigenvalue weighted by Crippen LogP contribution is -2.01. The Morgan fingerprint density at radius 1 is 0.864 bits per heavy atom. The lowest BCUT2D eigenvalue weighted by molar-refractivity contribution is 0.379. The van der Waals surface area contributed by atoms with Crippen molar-refractivity contribution in [2.24, 2.45) is 0 Å². The molecule has 3 nitrogen and oxygen atoms in total. The Kier molecular flexibility index (Phi) is 6.70. The van der Waals surface area contributed by atoms with Crippen LogP contribution in [0.1, 0.15) is 37.8 Å². The molecule has 0 heterocycles. The van der Waals surface area contributed by atoms with Gasteiger partial charge in [0.15, 0.2) is 0 Å². The molecule has 0 aromatic heterocycles. The molecular formula is C18H23O3P. The number of rotatable bonds is 8. The normalized spacial score (nSPS) is 12.0. The van der Waals surface area contributed by atoms with E-state index in [1.165, 1.54) is 11.1 Å². The van der Waals surface area contributed by atoms with Crippen molar-refractivity contribution in [2.75, 3.05) is 0 Å². The van der Waals surface area contributed by atoms with Crippen molar-refractivity contribution in [2.45, 2.75) is 39.5 Å². The zero-order valence-electron chi connectivity index (χ0n) is 13.2. The van der Waals surface area contributed by atoms with Gasteiger partial charge in [-0.15, -0.1) is 0 Å². The van der Waals surface area contributed by atoms with Gasteiger partial charge in [-0.3, -0.25) is 0 Å². The second kappa shape index (κ2) is 8.77. The third-order valence-electron chi connectivity index (χ3n) is 3.35. The van der Waals surface area contributed by atoms with Crippen LogP contribution in [0.2, 0.25) is 0 Å². The van der Waals surface area contributed by atoms with Gasteiger partial charge < -0.3 is 13.9 Å². The topological polar surface area (TPSA) is 38.7 Å². The summed E-state index contributed by atoms with van der Waals surface area (Å²) in [7, 11) is -1.98. The predicted octanol–water partition coefficient (Wildman–Crippen LogP) is 5.27. The summed E-state index contributed by atoms with van der Waals surface area (Å²) in [6.45, 7) is 4.31. The Balaban J connectivity index is 2.12. The van der Waals surface area contributed by atoms with Crippen LogP contribution in [0.25, 0.3) is 0 Å². The van der Waals surface area contributed by atoms with E-state index in [0.29, 0.717) is 5.75 Å². The third kappa shape index (κ3) is 4.72. The summed E-state index contributed by atoms with van der Waals surface area (Å²) in [5.41, 5.74) is 2.48. The smallest absolute Gasteiger partial charge is 0.418 e. The molecule has 1 atom stereocenters. The maximum Gasteiger partial charge on any atom is 0.460 e. The molecule has 0 aliphatic carbocycles. The summed E-state index contributed by atoms with van der Waals surface area (Å²) < 4.78 is 11.1. The molecule has 2 aromatic rings. The minimum atomic E-state index is -1.98. The third-order valence-corrected chi connectivity index (χ3v) is 4.07. The summed E-state index contributed by atoms with van der Waals surface area (Å²) >= 11 is 0. The minimum Gasteiger partial charge on any atom is -0.418 e. The maximum absolute atomic E-state index is 10.1. The molecule has 22 heavy (non-hydrogen) atoms. The quantitative estimate of drug-likeness (QED) is 0.674. The van der Waals surface area contributed by atoms with E-state index in [1.807, 2.05) is 30.3 Å². The molecule has 4 heteroatoms. The van der Waals surface area contributed by atoms with Gasteiger partial charge >= 0.3 is 8.60 Å². The molecule has 2 rings (SSSR count). The second-order valence-electron chi connectivity index (χ2n) is 5.13. The highest BCUT2D eigenvalue weighted by atomic mass is 31.2. The molecule has 2 aromatic carbocycles. The Hall–Kier alpha value is -1.57. The molecule has 0 aliphatic heterocycles. The molecule has 0 saturated heterocycles. The second-order valence-corrected chi connectivity index (χ2v) is 5.97. The number of para-hydroxylation sites is 1. The Labute approximate surface area is 133 Å². The summed E-state index contributed by atoms with van der Waals surface area (Å²) in [6, 6.07) is 15.3. The van der Waals surface area contributed by atoms with Crippen LogP contribution in [0.4, 0.5) is 0 Å². The largest absolute Gasteiger partial charge is 0.460 e. The highest BCUT2D eigenvalue weighted by Crippen LogP contribution is 2.39. The number of hydrogen-bond donors (Lipinski definition) is 1. The highest BCUT2D eigenvalue weighted by Gasteiger charge is 2.15. The summed E-state index contributed by atoms with van der Waals surface area (Å²) in [5, 5.41) is 0. The average molecular weight is 318 g/mol. The lowest BCUT2D eigenvalue weighted by Gasteiger charge is -2.17. The molecule has 0 amide bonds. The van der Waals surface area contributed by atoms with Gasteiger partial charge in [0.25, 0.3) is 0 Å². The molecular weight excluding hydrogens is 295 g/mol. The Morgan fingerprint density at radius 3 is 2.27 bits per heavy atom. The molecule has 0 radical (unpaired) electrons. The average Bonchev–Trinajstić information content (AvgIpc) is 2.51. The van der Waals surface area contributed by atoms with Crippen molar-refractivity contribution in [1.29, 1.82) is 0 Å². The van der Waals surface area contributed by atoms with E-state index in [0.717, 1.165) is 31.4 Å². The monoisotopic (exact) mass is 318 g/mol. The van der Waals surface area contributed by atoms with Crippen LogP contribution in [-0.2, 0) is 12.8 Å². The van der Waals surface area contributed by atoms with Crippen LogP contribution in [-0.4, -0.2) is 4.89 Å². The Bertz CT molecular complexity index is 572. The van der Waals surface area contributed by atoms with Gasteiger partial charge in [0.2, 0.25) is 0 Å². The van der Waals surface area contributed by atoms with E-state index in [4.69, 9.17) is 9.05 Å². The van der Waals surface area contributed by atoms with Crippen molar-refractivity contribution in [3.63, 3.8) is 0 Å². The molecule has 1 N–H and O–H groups in total. The zero-order valence-corrected chi connectivity index (χ0v) is 14.1. The molecule has 0 saturated carbocycles. The molecule has 0 bridgehead atoms. The minimum absolute atomic E-state index is 0.609. The first-order chi connectivity index (χ1) is 10.7. The first-order valence-corrected chi connectivity index (χ1v) is 8.88. The van der Waals surface area contributed by atoms with Gasteiger partial charge in [0.05, 0.1) is 0 Å². The van der Waals surface area contributed by atoms with Crippen LogP contribution in [0.5, 0.6) is 11.5 Å². The van der Waals surface area contributed by atoms with Crippen LogP contribution >= 0.6 is 8.60 Å². The van der Waals surface area contributed by atoms with Gasteiger partial charge in [-0.1, -0.05) is 57.0 Å². The first-order valence-electron chi connectivity index (χ1n) is 7.75. The Morgan fingerprint density at radius 2 is 1.59 bits per heavy atom. The number of hydrogen-bond acceptors (Lipinski definition) is 3. The van der Waals surface area contributed by atoms with Crippen LogP contribution in [0.15, 0.2) is 48.5 Å². The number of aryl methyl sites for hydroxylation is 1. The van der Waals surface area contributed by atoms with Crippen molar-refractivity contribution >= 4 is 8.60 Å². The van der Waals surface area contributed by atoms with Crippen LogP contribution in [0.3, 0.4) is 0 Å². The molecule has 1 unspecified atom stereocenters. The van der Waals surface area contributed by atoms with E-state index >= 15 is 0 Å². The predicted molar refractivity (Wildman–Crippen MR) is 91.3 cm³/mol. The SMILES string of the molecule is CCCc1cccc(OP(O)Oc2ccccc2)c1CCC. The summed E-state index contributed by atoms with van der Waals surface area (Å²) in [4.78, 5) is 10.1. The maximum atomic E-state index is 10.1. The fourth-order valence-electron chi connectivity index (χ4n) is 2.41. The van der Waals surface area contributed by atoms with Crippen molar-refractivity contribution in [3.8, 4) is 11.5 Å². The first kappa shape index (κ1) is 16.8. The zero-order chi connectivity index (χ0) is 15.8. The summed E-state index contributed by atoms with van der Waals surface area (Å²) in [6.07, 6.45) is 4.10. The van der Waals surface area contributed by atoms with Gasteiger partial charge in [0, 0.05) is 0 Å². The fraction of sp³-hybridized carbons (Fsp3) is 0.333. The number of benzene rings is 2. The summed E-state index contributed by atoms with van der Waals surface area (Å²) in [5.74, 6) is 1.34. The van der Waals surface area contributed by atoms with Gasteiger partial charge in [-0.25, -0.2) is 0 Å². The lowest BCUT2D eigenvalue weighted by atomic mass is 9.99. The van der Waals surface area contributed by atoms with Crippen LogP contribution < -0.4 is 9.05 Å². The molecule has 118 valence electrons. The van der Waals surface area contributed by atoms with E-state index in [-0.39, 0.29) is 0 Å². The standard InChI is InChI=1S/C18H23O3P/c1-3-9-15-11-8-14-18(17(15)10-4-2)21-22(19)20-16-12-6-5-7-13-16/h5-8,11-14,19H,3-4,9-10H2,1-2H3. The van der Waals surface area contributed by atoms with Crippen molar-refractivity contribution in [3.05, 3.63) is 59.7 Å². The van der Waals surface area contributed by atoms with E-state index in [2.05, 4.69) is 19.9 Å². The highest BCUT2D eigenvalue weighted by molar-refractivity contribution is 7.41. The molecule has 0 fully saturated rings. The molecule has 0 aliphatic rings. The van der Waals surface area contributed by atoms with Gasteiger partial charge in [-0.05, 0) is 42.2 Å². The van der Waals surface area contributed by atoms with Crippen molar-refractivity contribution in [1.82, 2.24) is 0 Å². The fourth-order valence-corrected chi connectivity index (χ4v) is 3.09. The van der Waals surface area contributed by atoms with Gasteiger partial charge in [-0.2, -0.15) is 0 Å². The van der Waals surface area contributed by atoms with E-state index < -0.39 is 8.60 Å². The molecule has 0 spiro atoms. The van der Waals surface area contributed by atoms with E-state index in [1.54, 1.807) is 12.1 Å². The van der Waals surface area contributed by atoms with E-state index in [9.17, 15) is 4.89 Å². The van der Waals surface area contributed by atoms with Crippen LogP contribution in [0, 0.1) is 0 Å².